The number of nitrogens with zero attached hydrogens (tertiary/aromatic N) is 3. The fraction of sp³-hybridized carbons (Fsp3) is 0.500. The maximum absolute atomic E-state index is 14.7. The van der Waals surface area contributed by atoms with Crippen molar-refractivity contribution in [3.05, 3.63) is 52.7 Å². The van der Waals surface area contributed by atoms with Crippen LogP contribution < -0.4 is 5.32 Å². The minimum absolute atomic E-state index is 0.0613. The highest BCUT2D eigenvalue weighted by Gasteiger charge is 2.43. The lowest BCUT2D eigenvalue weighted by Gasteiger charge is -2.40. The molecule has 3 aliphatic rings. The first kappa shape index (κ1) is 21.8. The van der Waals surface area contributed by atoms with Crippen LogP contribution in [0.1, 0.15) is 34.8 Å². The number of H-pyrrole nitrogens is 1. The highest BCUT2D eigenvalue weighted by atomic mass is 19.4. The number of fused-ring (bicyclic) bond motifs is 3. The Kier molecular flexibility index (Phi) is 5.07. The number of alkyl halides is 3. The van der Waals surface area contributed by atoms with Crippen LogP contribution in [0.4, 0.5) is 23.4 Å². The van der Waals surface area contributed by atoms with Crippen LogP contribution in [0.15, 0.2) is 24.5 Å². The predicted molar refractivity (Wildman–Crippen MR) is 118 cm³/mol. The first-order chi connectivity index (χ1) is 16.3. The molecule has 1 aliphatic carbocycles. The van der Waals surface area contributed by atoms with E-state index in [-0.39, 0.29) is 28.9 Å². The van der Waals surface area contributed by atoms with Gasteiger partial charge in [0.2, 0.25) is 0 Å². The molecule has 2 fully saturated rings. The predicted octanol–water partition coefficient (Wildman–Crippen LogP) is 4.47. The molecule has 2 saturated heterocycles. The second-order valence-corrected chi connectivity index (χ2v) is 9.71. The number of benzene rings is 1. The summed E-state index contributed by atoms with van der Waals surface area (Å²) >= 11 is 0. The van der Waals surface area contributed by atoms with E-state index in [0.717, 1.165) is 56.3 Å². The van der Waals surface area contributed by atoms with E-state index < -0.39 is 11.9 Å². The summed E-state index contributed by atoms with van der Waals surface area (Å²) in [6.07, 6.45) is -1.59. The van der Waals surface area contributed by atoms with Gasteiger partial charge in [-0.2, -0.15) is 13.2 Å². The first-order valence-electron chi connectivity index (χ1n) is 11.6. The van der Waals surface area contributed by atoms with Crippen LogP contribution in [0, 0.1) is 24.6 Å². The third-order valence-corrected chi connectivity index (χ3v) is 7.61. The second kappa shape index (κ2) is 7.91. The van der Waals surface area contributed by atoms with E-state index in [9.17, 15) is 17.6 Å². The lowest BCUT2D eigenvalue weighted by atomic mass is 9.82. The van der Waals surface area contributed by atoms with Crippen LogP contribution >= 0.6 is 0 Å². The van der Waals surface area contributed by atoms with Crippen LogP contribution in [0.3, 0.4) is 0 Å². The molecule has 0 saturated carbocycles. The standard InChI is InChI=1S/C24H25F4N5O/c1-12-4-13-2-3-19(33-7-14-9-34-10-15(14)8-33)21(16(13)5-18(12)25)32-23-17-6-20(24(26,27)28)31-22(17)29-11-30-23/h4-6,11,14-15,19,21H,2-3,7-10H2,1H3,(H2,29,30,31,32)/t14-,15+,19-,21-/m0/s1. The summed E-state index contributed by atoms with van der Waals surface area (Å²) in [6, 6.07) is 4.23. The first-order valence-corrected chi connectivity index (χ1v) is 11.6. The quantitative estimate of drug-likeness (QED) is 0.548. The van der Waals surface area contributed by atoms with Gasteiger partial charge in [-0.3, -0.25) is 4.90 Å². The smallest absolute Gasteiger partial charge is 0.381 e. The number of ether oxygens (including phenoxy) is 1. The Hall–Kier alpha value is -2.72. The summed E-state index contributed by atoms with van der Waals surface area (Å²) in [5.74, 6) is 0.998. The number of hydrogen-bond donors (Lipinski definition) is 2. The molecular formula is C24H25F4N5O. The van der Waals surface area contributed by atoms with E-state index in [0.29, 0.717) is 23.2 Å². The molecule has 4 heterocycles. The number of rotatable bonds is 3. The molecule has 180 valence electrons. The van der Waals surface area contributed by atoms with Crippen molar-refractivity contribution >= 4 is 16.9 Å². The van der Waals surface area contributed by atoms with E-state index in [4.69, 9.17) is 4.74 Å². The zero-order valence-corrected chi connectivity index (χ0v) is 18.6. The van der Waals surface area contributed by atoms with Gasteiger partial charge < -0.3 is 15.0 Å². The van der Waals surface area contributed by atoms with Gasteiger partial charge in [0, 0.05) is 31.0 Å². The molecule has 3 aromatic rings. The van der Waals surface area contributed by atoms with Crippen molar-refractivity contribution in [2.45, 2.75) is 38.0 Å². The number of aromatic amines is 1. The van der Waals surface area contributed by atoms with E-state index in [1.807, 2.05) is 6.07 Å². The van der Waals surface area contributed by atoms with E-state index in [1.54, 1.807) is 13.0 Å². The Balaban J connectivity index is 1.40. The zero-order valence-electron chi connectivity index (χ0n) is 18.6. The van der Waals surface area contributed by atoms with Crippen LogP contribution in [0.5, 0.6) is 0 Å². The maximum atomic E-state index is 14.7. The molecule has 1 aromatic carbocycles. The van der Waals surface area contributed by atoms with Crippen molar-refractivity contribution in [3.8, 4) is 0 Å². The minimum Gasteiger partial charge on any atom is -0.381 e. The summed E-state index contributed by atoms with van der Waals surface area (Å²) in [7, 11) is 0. The van der Waals surface area contributed by atoms with Gasteiger partial charge in [-0.05, 0) is 48.6 Å². The number of nitrogens with one attached hydrogen (secondary N) is 2. The molecule has 10 heteroatoms. The summed E-state index contributed by atoms with van der Waals surface area (Å²) in [5, 5.41) is 3.67. The van der Waals surface area contributed by atoms with Crippen molar-refractivity contribution in [1.82, 2.24) is 19.9 Å². The third kappa shape index (κ3) is 3.63. The minimum atomic E-state index is -4.52. The molecule has 0 spiro atoms. The summed E-state index contributed by atoms with van der Waals surface area (Å²) in [6.45, 7) is 5.06. The third-order valence-electron chi connectivity index (χ3n) is 7.61. The highest BCUT2D eigenvalue weighted by molar-refractivity contribution is 5.88. The van der Waals surface area contributed by atoms with Gasteiger partial charge in [0.15, 0.2) is 0 Å². The molecule has 0 radical (unpaired) electrons. The summed E-state index contributed by atoms with van der Waals surface area (Å²) in [4.78, 5) is 13.0. The fourth-order valence-corrected chi connectivity index (χ4v) is 5.86. The van der Waals surface area contributed by atoms with E-state index >= 15 is 0 Å². The molecular weight excluding hydrogens is 450 g/mol. The molecule has 0 bridgehead atoms. The van der Waals surface area contributed by atoms with Gasteiger partial charge in [0.25, 0.3) is 0 Å². The second-order valence-electron chi connectivity index (χ2n) is 9.71. The van der Waals surface area contributed by atoms with Crippen LogP contribution in [0.2, 0.25) is 0 Å². The van der Waals surface area contributed by atoms with Crippen molar-refractivity contribution < 1.29 is 22.3 Å². The highest BCUT2D eigenvalue weighted by Crippen LogP contribution is 2.41. The van der Waals surface area contributed by atoms with E-state index in [2.05, 4.69) is 25.2 Å². The molecule has 0 amide bonds. The molecule has 2 aliphatic heterocycles. The van der Waals surface area contributed by atoms with Crippen molar-refractivity contribution in [2.24, 2.45) is 11.8 Å². The molecule has 0 unspecified atom stereocenters. The molecule has 4 atom stereocenters. The Morgan fingerprint density at radius 3 is 2.62 bits per heavy atom. The fourth-order valence-electron chi connectivity index (χ4n) is 5.86. The van der Waals surface area contributed by atoms with Gasteiger partial charge in [-0.15, -0.1) is 0 Å². The average molecular weight is 475 g/mol. The van der Waals surface area contributed by atoms with Crippen molar-refractivity contribution in [1.29, 1.82) is 0 Å². The van der Waals surface area contributed by atoms with Gasteiger partial charge in [0.05, 0.1) is 24.6 Å². The maximum Gasteiger partial charge on any atom is 0.431 e. The molecule has 6 rings (SSSR count). The zero-order chi connectivity index (χ0) is 23.6. The van der Waals surface area contributed by atoms with Gasteiger partial charge in [-0.1, -0.05) is 6.07 Å². The molecule has 6 nitrogen and oxygen atoms in total. The number of likely N-dealkylation sites (tertiary alicyclic amines) is 1. The number of halogens is 4. The normalized spacial score (nSPS) is 27.2. The van der Waals surface area contributed by atoms with Crippen LogP contribution in [0.25, 0.3) is 11.0 Å². The van der Waals surface area contributed by atoms with Gasteiger partial charge in [0.1, 0.15) is 29.3 Å². The summed E-state index contributed by atoms with van der Waals surface area (Å²) < 4.78 is 60.3. The van der Waals surface area contributed by atoms with Gasteiger partial charge in [-0.25, -0.2) is 14.4 Å². The number of hydrogen-bond acceptors (Lipinski definition) is 5. The SMILES string of the molecule is Cc1cc2c(cc1F)[C@H](Nc1ncnc3[nH]c(C(F)(F)F)cc13)[C@@H](N1C[C@H]3COC[C@H]3C1)CC2. The van der Waals surface area contributed by atoms with Crippen LogP contribution in [-0.4, -0.2) is 52.2 Å². The Morgan fingerprint density at radius 2 is 1.88 bits per heavy atom. The number of aryl methyl sites for hydroxylation is 2. The lowest BCUT2D eigenvalue weighted by molar-refractivity contribution is -0.140. The topological polar surface area (TPSA) is 66.1 Å². The lowest BCUT2D eigenvalue weighted by Crippen LogP contribution is -2.44. The van der Waals surface area contributed by atoms with Crippen molar-refractivity contribution in [3.63, 3.8) is 0 Å². The van der Waals surface area contributed by atoms with Crippen molar-refractivity contribution in [2.75, 3.05) is 31.6 Å². The molecule has 34 heavy (non-hydrogen) atoms. The number of anilines is 1. The van der Waals surface area contributed by atoms with Gasteiger partial charge >= 0.3 is 6.18 Å². The Labute approximate surface area is 193 Å². The number of aromatic nitrogens is 3. The summed E-state index contributed by atoms with van der Waals surface area (Å²) in [5.41, 5.74) is 1.73. The largest absolute Gasteiger partial charge is 0.431 e. The monoisotopic (exact) mass is 475 g/mol. The Morgan fingerprint density at radius 1 is 1.12 bits per heavy atom. The average Bonchev–Trinajstić information content (AvgIpc) is 3.49. The van der Waals surface area contributed by atoms with E-state index in [1.165, 1.54) is 6.33 Å². The van der Waals surface area contributed by atoms with Crippen LogP contribution in [-0.2, 0) is 17.3 Å². The Bertz CT molecular complexity index is 1230. The molecule has 2 N–H and O–H groups in total. The molecule has 2 aromatic heterocycles.